The van der Waals surface area contributed by atoms with Gasteiger partial charge >= 0.3 is 5.97 Å². The molecule has 0 aromatic rings. The Kier molecular flexibility index (Phi) is 52.8. The molecule has 11 nitrogen and oxygen atoms in total. The molecule has 1 amide bonds. The summed E-state index contributed by atoms with van der Waals surface area (Å²) in [5.41, 5.74) is 0. The fourth-order valence-electron chi connectivity index (χ4n) is 9.59. The Balaban J connectivity index is 2.63. The summed E-state index contributed by atoms with van der Waals surface area (Å²) in [6.07, 6.45) is 67.0. The van der Waals surface area contributed by atoms with Gasteiger partial charge in [-0.15, -0.1) is 0 Å². The van der Waals surface area contributed by atoms with Gasteiger partial charge in [0.1, 0.15) is 24.4 Å². The molecule has 8 unspecified atom stereocenters. The van der Waals surface area contributed by atoms with Crippen LogP contribution in [-0.4, -0.2) is 99.6 Å². The monoisotopic (exact) mass is 1130 g/mol. The van der Waals surface area contributed by atoms with E-state index in [1.54, 1.807) is 6.08 Å². The van der Waals surface area contributed by atoms with Gasteiger partial charge in [0.2, 0.25) is 5.91 Å². The molecule has 11 heteroatoms. The highest BCUT2D eigenvalue weighted by atomic mass is 16.7. The van der Waals surface area contributed by atoms with E-state index in [1.165, 1.54) is 122 Å². The standard InChI is InChI=1S/C70H119NO10/c1-4-7-10-13-16-19-22-25-26-27-28-29-30-31-32-33-34-35-36-37-40-42-45-48-51-54-57-63(74)69(78)71-61(62(73)56-53-50-47-44-41-38-23-20-17-14-11-8-5-2)60-79-70-68(67(77)66(76)64(59-72)80-70)81-65(75)58-55-52-49-46-43-39-24-21-18-15-12-9-6-3/h9,12,15-16,18-19,21,24-26,28-29,31-32,39,43,53,56,61-64,66-68,70,72-74,76-77H,4-8,10-11,13-14,17,20,22-23,27,30,33-38,40-42,44-52,54-55,57-60H2,1-3H3,(H,71,78)/b12-9+,18-15+,19-16-,24-21-,26-25-,29-28-,32-31-,43-39-,56-53+. The van der Waals surface area contributed by atoms with E-state index in [4.69, 9.17) is 14.2 Å². The number of aliphatic hydroxyl groups excluding tert-OH is 5. The highest BCUT2D eigenvalue weighted by molar-refractivity contribution is 5.80. The second kappa shape index (κ2) is 56.8. The van der Waals surface area contributed by atoms with Crippen LogP contribution in [0.15, 0.2) is 109 Å². The lowest BCUT2D eigenvalue weighted by Gasteiger charge is -2.41. The van der Waals surface area contributed by atoms with Gasteiger partial charge in [0.05, 0.1) is 25.4 Å². The molecule has 1 aliphatic heterocycles. The summed E-state index contributed by atoms with van der Waals surface area (Å²) in [5, 5.41) is 57.0. The van der Waals surface area contributed by atoms with Crippen molar-refractivity contribution in [2.75, 3.05) is 13.2 Å². The van der Waals surface area contributed by atoms with Crippen molar-refractivity contribution in [2.45, 2.75) is 307 Å². The molecule has 8 atom stereocenters. The molecule has 1 rings (SSSR count). The number of esters is 1. The highest BCUT2D eigenvalue weighted by Gasteiger charge is 2.47. The molecule has 0 aromatic heterocycles. The topological polar surface area (TPSA) is 175 Å². The van der Waals surface area contributed by atoms with Crippen molar-refractivity contribution < 1.29 is 49.3 Å². The minimum Gasteiger partial charge on any atom is -0.454 e. The van der Waals surface area contributed by atoms with E-state index in [0.717, 1.165) is 89.9 Å². The quantitative estimate of drug-likeness (QED) is 0.0149. The Hall–Kier alpha value is -3.68. The van der Waals surface area contributed by atoms with Crippen LogP contribution in [0.4, 0.5) is 0 Å². The van der Waals surface area contributed by atoms with Crippen LogP contribution in [0.1, 0.15) is 258 Å². The fraction of sp³-hybridized carbons (Fsp3) is 0.714. The maximum atomic E-state index is 13.5. The molecule has 0 bridgehead atoms. The summed E-state index contributed by atoms with van der Waals surface area (Å²) in [5.74, 6) is -1.24. The third kappa shape index (κ3) is 44.5. The van der Waals surface area contributed by atoms with Crippen molar-refractivity contribution in [1.29, 1.82) is 0 Å². The molecule has 1 heterocycles. The Bertz CT molecular complexity index is 1730. The van der Waals surface area contributed by atoms with E-state index in [0.29, 0.717) is 12.8 Å². The summed E-state index contributed by atoms with van der Waals surface area (Å²) < 4.78 is 17.6. The zero-order chi connectivity index (χ0) is 58.9. The molecule has 1 saturated heterocycles. The van der Waals surface area contributed by atoms with Crippen LogP contribution in [0.5, 0.6) is 0 Å². The lowest BCUT2D eigenvalue weighted by Crippen LogP contribution is -2.61. The van der Waals surface area contributed by atoms with E-state index >= 15 is 0 Å². The molecule has 0 aromatic carbocycles. The third-order valence-electron chi connectivity index (χ3n) is 14.8. The minimum absolute atomic E-state index is 0.0724. The average Bonchev–Trinajstić information content (AvgIpc) is 3.50. The summed E-state index contributed by atoms with van der Waals surface area (Å²) in [4.78, 5) is 26.5. The number of rotatable bonds is 54. The second-order valence-electron chi connectivity index (χ2n) is 22.2. The van der Waals surface area contributed by atoms with Gasteiger partial charge in [-0.3, -0.25) is 9.59 Å². The predicted octanol–water partition coefficient (Wildman–Crippen LogP) is 16.1. The van der Waals surface area contributed by atoms with Crippen molar-refractivity contribution in [2.24, 2.45) is 0 Å². The average molecular weight is 1130 g/mol. The van der Waals surface area contributed by atoms with Crippen LogP contribution in [-0.2, 0) is 23.8 Å². The van der Waals surface area contributed by atoms with Crippen LogP contribution in [0.25, 0.3) is 0 Å². The molecule has 6 N–H and O–H groups in total. The third-order valence-corrected chi connectivity index (χ3v) is 14.8. The minimum atomic E-state index is -1.64. The molecule has 0 radical (unpaired) electrons. The number of nitrogens with one attached hydrogen (secondary N) is 1. The SMILES string of the molecule is CC/C=C/C=C/C=C\C=C/CCCCCC(=O)OC1C(OCC(NC(=O)C(O)CCCCCCCCCCCC/C=C\C/C=C\C/C=C\C/C=C\CCCCC)C(O)/C=C/CCCCCCCCCCCCC)OC(CO)C(O)C1O. The number of amides is 1. The van der Waals surface area contributed by atoms with Crippen molar-refractivity contribution in [1.82, 2.24) is 5.32 Å². The number of hydrogen-bond acceptors (Lipinski definition) is 10. The van der Waals surface area contributed by atoms with Gasteiger partial charge in [0.15, 0.2) is 12.4 Å². The van der Waals surface area contributed by atoms with Gasteiger partial charge in [0, 0.05) is 6.42 Å². The fourth-order valence-corrected chi connectivity index (χ4v) is 9.59. The zero-order valence-electron chi connectivity index (χ0n) is 51.4. The van der Waals surface area contributed by atoms with Gasteiger partial charge in [-0.2, -0.15) is 0 Å². The summed E-state index contributed by atoms with van der Waals surface area (Å²) in [7, 11) is 0. The van der Waals surface area contributed by atoms with Gasteiger partial charge < -0.3 is 45.1 Å². The number of unbranched alkanes of at least 4 members (excludes halogenated alkanes) is 27. The van der Waals surface area contributed by atoms with Gasteiger partial charge in [0.25, 0.3) is 0 Å². The molecule has 0 aliphatic carbocycles. The zero-order valence-corrected chi connectivity index (χ0v) is 51.4. The van der Waals surface area contributed by atoms with E-state index in [9.17, 15) is 35.1 Å². The van der Waals surface area contributed by atoms with E-state index in [1.807, 2.05) is 42.5 Å². The van der Waals surface area contributed by atoms with Gasteiger partial charge in [-0.25, -0.2) is 0 Å². The Morgan fingerprint density at radius 3 is 1.47 bits per heavy atom. The summed E-state index contributed by atoms with van der Waals surface area (Å²) in [6.45, 7) is 5.59. The van der Waals surface area contributed by atoms with E-state index in [2.05, 4.69) is 86.8 Å². The van der Waals surface area contributed by atoms with E-state index in [-0.39, 0.29) is 19.4 Å². The smallest absolute Gasteiger partial charge is 0.306 e. The number of ether oxygens (including phenoxy) is 3. The van der Waals surface area contributed by atoms with Crippen LogP contribution >= 0.6 is 0 Å². The molecule has 1 aliphatic rings. The van der Waals surface area contributed by atoms with Crippen LogP contribution in [0.3, 0.4) is 0 Å². The van der Waals surface area contributed by atoms with Gasteiger partial charge in [-0.05, 0) is 89.9 Å². The number of carbonyl (C=O) groups is 2. The first-order valence-corrected chi connectivity index (χ1v) is 32.7. The van der Waals surface area contributed by atoms with Crippen LogP contribution < -0.4 is 5.32 Å². The Morgan fingerprint density at radius 1 is 0.506 bits per heavy atom. The Morgan fingerprint density at radius 2 is 0.938 bits per heavy atom. The maximum Gasteiger partial charge on any atom is 0.306 e. The maximum absolute atomic E-state index is 13.5. The first-order valence-electron chi connectivity index (χ1n) is 32.7. The Labute approximate surface area is 494 Å². The molecule has 0 saturated carbocycles. The summed E-state index contributed by atoms with van der Waals surface area (Å²) >= 11 is 0. The predicted molar refractivity (Wildman–Crippen MR) is 338 cm³/mol. The van der Waals surface area contributed by atoms with Gasteiger partial charge in [-0.1, -0.05) is 271 Å². The number of carbonyl (C=O) groups excluding carboxylic acids is 2. The largest absolute Gasteiger partial charge is 0.454 e. The highest BCUT2D eigenvalue weighted by Crippen LogP contribution is 2.26. The van der Waals surface area contributed by atoms with Crippen LogP contribution in [0, 0.1) is 0 Å². The van der Waals surface area contributed by atoms with Crippen molar-refractivity contribution >= 4 is 11.9 Å². The van der Waals surface area contributed by atoms with Crippen molar-refractivity contribution in [3.8, 4) is 0 Å². The number of allylic oxidation sites excluding steroid dienone is 17. The first kappa shape index (κ1) is 75.3. The molecule has 81 heavy (non-hydrogen) atoms. The summed E-state index contributed by atoms with van der Waals surface area (Å²) in [6, 6.07) is -1.04. The molecule has 1 fully saturated rings. The molecular weight excluding hydrogens is 1010 g/mol. The second-order valence-corrected chi connectivity index (χ2v) is 22.2. The normalized spacial score (nSPS) is 19.4. The van der Waals surface area contributed by atoms with E-state index < -0.39 is 67.4 Å². The molecular formula is C70H119NO10. The lowest BCUT2D eigenvalue weighted by atomic mass is 9.99. The number of hydrogen-bond donors (Lipinski definition) is 6. The van der Waals surface area contributed by atoms with Crippen molar-refractivity contribution in [3.05, 3.63) is 109 Å². The lowest BCUT2D eigenvalue weighted by molar-refractivity contribution is -0.305. The molecule has 0 spiro atoms. The number of aliphatic hydroxyl groups is 5. The first-order chi connectivity index (χ1) is 39.7. The molecule has 464 valence electrons. The van der Waals surface area contributed by atoms with Crippen LogP contribution in [0.2, 0.25) is 0 Å². The van der Waals surface area contributed by atoms with Crippen molar-refractivity contribution in [3.63, 3.8) is 0 Å².